The predicted octanol–water partition coefficient (Wildman–Crippen LogP) is 7.22. The van der Waals surface area contributed by atoms with Crippen LogP contribution in [0, 0.1) is 25.6 Å². The first-order valence-corrected chi connectivity index (χ1v) is 13.8. The van der Waals surface area contributed by atoms with Gasteiger partial charge in [-0.3, -0.25) is 9.69 Å². The fourth-order valence-electron chi connectivity index (χ4n) is 5.76. The Bertz CT molecular complexity index is 1550. The average Bonchev–Trinajstić information content (AvgIpc) is 3.55. The van der Waals surface area contributed by atoms with Crippen LogP contribution in [0.15, 0.2) is 90.3 Å². The molecule has 6 nitrogen and oxygen atoms in total. The molecule has 0 saturated carbocycles. The Morgan fingerprint density at radius 1 is 0.925 bits per heavy atom. The van der Waals surface area contributed by atoms with Crippen LogP contribution >= 0.6 is 11.3 Å². The zero-order valence-electron chi connectivity index (χ0n) is 22.3. The number of carbonyl (C=O) groups is 3. The Morgan fingerprint density at radius 3 is 2.23 bits per heavy atom. The first kappa shape index (κ1) is 27.3. The number of amides is 2. The summed E-state index contributed by atoms with van der Waals surface area (Å²) in [6.45, 7) is 5.34. The Morgan fingerprint density at radius 2 is 1.62 bits per heavy atom. The highest BCUT2D eigenvalue weighted by atomic mass is 32.1. The number of aliphatic carboxylic acids is 1. The second kappa shape index (κ2) is 10.7. The molecule has 1 aromatic heterocycles. The van der Waals surface area contributed by atoms with Crippen LogP contribution in [-0.4, -0.2) is 33.3 Å². The summed E-state index contributed by atoms with van der Waals surface area (Å²) >= 11 is 1.36. The number of carbonyl (C=O) groups excluding carboxylic acids is 2. The number of benzene rings is 3. The summed E-state index contributed by atoms with van der Waals surface area (Å²) in [5.41, 5.74) is 1.52. The lowest BCUT2D eigenvalue weighted by Crippen LogP contribution is -2.55. The summed E-state index contributed by atoms with van der Waals surface area (Å²) < 4.78 is 13.6. The number of anilines is 1. The number of carboxylic acids is 1. The monoisotopic (exact) mass is 556 g/mol. The Labute approximate surface area is 236 Å². The molecule has 4 unspecified atom stereocenters. The van der Waals surface area contributed by atoms with Gasteiger partial charge in [0, 0.05) is 22.0 Å². The second-order valence-corrected chi connectivity index (χ2v) is 11.3. The van der Waals surface area contributed by atoms with Gasteiger partial charge in [0.2, 0.25) is 0 Å². The summed E-state index contributed by atoms with van der Waals surface area (Å²) in [4.78, 5) is 43.8. The zero-order valence-corrected chi connectivity index (χ0v) is 23.1. The molecular formula is C32H29FN2O4S. The molecule has 1 aliphatic rings. The highest BCUT2D eigenvalue weighted by molar-refractivity contribution is 7.10. The van der Waals surface area contributed by atoms with Crippen molar-refractivity contribution in [2.24, 2.45) is 5.92 Å². The molecule has 3 aromatic carbocycles. The van der Waals surface area contributed by atoms with E-state index < -0.39 is 41.2 Å². The van der Waals surface area contributed by atoms with Crippen molar-refractivity contribution >= 4 is 34.8 Å². The maximum atomic E-state index is 14.4. The average molecular weight is 557 g/mol. The standard InChI is InChI=1S/C32H29FN2O4S/c1-19-9-11-21(12-10-19)29(36)26-27(25-8-5-17-40-25)32(3,30(37)38)35(28(26)22-7-4-6-20(2)18-22)31(39)34-24-15-13-23(33)14-16-24/h4-18,26-28H,1-3H3,(H,34,39)(H,37,38). The number of hydrogen-bond donors (Lipinski definition) is 2. The van der Waals surface area contributed by atoms with E-state index in [-0.39, 0.29) is 5.78 Å². The highest BCUT2D eigenvalue weighted by Gasteiger charge is 2.65. The minimum Gasteiger partial charge on any atom is -0.479 e. The van der Waals surface area contributed by atoms with E-state index in [4.69, 9.17) is 0 Å². The van der Waals surface area contributed by atoms with Crippen molar-refractivity contribution in [3.05, 3.63) is 123 Å². The molecule has 2 amide bonds. The van der Waals surface area contributed by atoms with Crippen LogP contribution in [0.5, 0.6) is 0 Å². The summed E-state index contributed by atoms with van der Waals surface area (Å²) in [7, 11) is 0. The number of aryl methyl sites for hydroxylation is 2. The molecule has 4 aromatic rings. The molecule has 0 bridgehead atoms. The minimum absolute atomic E-state index is 0.241. The zero-order chi connectivity index (χ0) is 28.6. The van der Waals surface area contributed by atoms with Crippen LogP contribution in [0.4, 0.5) is 14.9 Å². The van der Waals surface area contributed by atoms with Gasteiger partial charge in [-0.1, -0.05) is 65.7 Å². The summed E-state index contributed by atoms with van der Waals surface area (Å²) in [6, 6.07) is 21.9. The normalized spacial score (nSPS) is 22.2. The maximum Gasteiger partial charge on any atom is 0.330 e. The van der Waals surface area contributed by atoms with Crippen LogP contribution in [0.1, 0.15) is 50.8 Å². The van der Waals surface area contributed by atoms with Gasteiger partial charge in [0.05, 0.1) is 12.0 Å². The first-order chi connectivity index (χ1) is 19.1. The number of thiophene rings is 1. The van der Waals surface area contributed by atoms with Crippen molar-refractivity contribution in [3.63, 3.8) is 0 Å². The molecule has 40 heavy (non-hydrogen) atoms. The van der Waals surface area contributed by atoms with Crippen molar-refractivity contribution in [2.75, 3.05) is 5.32 Å². The van der Waals surface area contributed by atoms with Gasteiger partial charge in [-0.05, 0) is 62.0 Å². The summed E-state index contributed by atoms with van der Waals surface area (Å²) in [6.07, 6.45) is 0. The van der Waals surface area contributed by atoms with Gasteiger partial charge in [0.1, 0.15) is 11.4 Å². The van der Waals surface area contributed by atoms with E-state index in [0.717, 1.165) is 11.1 Å². The third-order valence-electron chi connectivity index (χ3n) is 7.70. The SMILES string of the molecule is Cc1ccc(C(=O)C2C(c3cccc(C)c3)N(C(=O)Nc3ccc(F)cc3)C(C)(C(=O)O)C2c2cccs2)cc1. The number of rotatable bonds is 6. The van der Waals surface area contributed by atoms with Crippen LogP contribution in [-0.2, 0) is 4.79 Å². The van der Waals surface area contributed by atoms with Crippen molar-refractivity contribution in [3.8, 4) is 0 Å². The number of urea groups is 1. The van der Waals surface area contributed by atoms with Crippen LogP contribution in [0.25, 0.3) is 0 Å². The number of carboxylic acid groups (broad SMARTS) is 1. The summed E-state index contributed by atoms with van der Waals surface area (Å²) in [5.74, 6) is -3.67. The van der Waals surface area contributed by atoms with Gasteiger partial charge in [-0.15, -0.1) is 11.3 Å². The summed E-state index contributed by atoms with van der Waals surface area (Å²) in [5, 5.41) is 15.4. The van der Waals surface area contributed by atoms with Crippen molar-refractivity contribution in [1.82, 2.24) is 4.90 Å². The number of nitrogens with zero attached hydrogens (tertiary/aromatic N) is 1. The van der Waals surface area contributed by atoms with Crippen LogP contribution in [0.2, 0.25) is 0 Å². The fraction of sp³-hybridized carbons (Fsp3) is 0.219. The minimum atomic E-state index is -1.80. The Hall–Kier alpha value is -4.30. The number of halogens is 1. The molecule has 2 heterocycles. The first-order valence-electron chi connectivity index (χ1n) is 12.9. The van der Waals surface area contributed by atoms with E-state index in [0.29, 0.717) is 21.7 Å². The van der Waals surface area contributed by atoms with Gasteiger partial charge >= 0.3 is 12.0 Å². The molecule has 2 N–H and O–H groups in total. The smallest absolute Gasteiger partial charge is 0.330 e. The molecule has 4 atom stereocenters. The fourth-order valence-corrected chi connectivity index (χ4v) is 6.75. The molecule has 5 rings (SSSR count). The van der Waals surface area contributed by atoms with Gasteiger partial charge in [0.25, 0.3) is 0 Å². The highest BCUT2D eigenvalue weighted by Crippen LogP contribution is 2.57. The topological polar surface area (TPSA) is 86.7 Å². The molecule has 0 aliphatic carbocycles. The largest absolute Gasteiger partial charge is 0.479 e. The van der Waals surface area contributed by atoms with E-state index >= 15 is 0 Å². The molecule has 0 spiro atoms. The lowest BCUT2D eigenvalue weighted by atomic mass is 9.74. The maximum absolute atomic E-state index is 14.4. The molecular weight excluding hydrogens is 527 g/mol. The van der Waals surface area contributed by atoms with Gasteiger partial charge in [0.15, 0.2) is 5.78 Å². The molecule has 8 heteroatoms. The number of nitrogens with one attached hydrogen (secondary N) is 1. The Kier molecular flexibility index (Phi) is 7.29. The molecule has 1 fully saturated rings. The van der Waals surface area contributed by atoms with Crippen molar-refractivity contribution < 1.29 is 23.9 Å². The molecule has 1 saturated heterocycles. The number of ketones is 1. The van der Waals surface area contributed by atoms with E-state index in [2.05, 4.69) is 5.32 Å². The van der Waals surface area contributed by atoms with E-state index in [9.17, 15) is 23.9 Å². The van der Waals surface area contributed by atoms with Crippen molar-refractivity contribution in [2.45, 2.75) is 38.3 Å². The molecule has 1 aliphatic heterocycles. The van der Waals surface area contributed by atoms with Crippen LogP contribution in [0.3, 0.4) is 0 Å². The number of hydrogen-bond acceptors (Lipinski definition) is 4. The predicted molar refractivity (Wildman–Crippen MR) is 153 cm³/mol. The van der Waals surface area contributed by atoms with E-state index in [1.807, 2.05) is 67.8 Å². The second-order valence-electron chi connectivity index (χ2n) is 10.4. The quantitative estimate of drug-likeness (QED) is 0.246. The van der Waals surface area contributed by atoms with Crippen molar-refractivity contribution in [1.29, 1.82) is 0 Å². The Balaban J connectivity index is 1.74. The third-order valence-corrected chi connectivity index (χ3v) is 8.66. The van der Waals surface area contributed by atoms with Gasteiger partial charge in [-0.2, -0.15) is 0 Å². The van der Waals surface area contributed by atoms with Gasteiger partial charge < -0.3 is 10.4 Å². The molecule has 204 valence electrons. The van der Waals surface area contributed by atoms with Crippen LogP contribution < -0.4 is 5.32 Å². The van der Waals surface area contributed by atoms with E-state index in [1.165, 1.54) is 47.4 Å². The lowest BCUT2D eigenvalue weighted by molar-refractivity contribution is -0.148. The number of Topliss-reactive ketones (excluding diaryl/α,β-unsaturated/α-hetero) is 1. The lowest BCUT2D eigenvalue weighted by Gasteiger charge is -2.37. The molecule has 0 radical (unpaired) electrons. The third kappa shape index (κ3) is 4.79. The number of likely N-dealkylation sites (tertiary alicyclic amines) is 1. The van der Waals surface area contributed by atoms with Gasteiger partial charge in [-0.25, -0.2) is 14.0 Å². The van der Waals surface area contributed by atoms with E-state index in [1.54, 1.807) is 12.1 Å².